The largest absolute Gasteiger partial charge is 0.496 e. The van der Waals surface area contributed by atoms with Crippen molar-refractivity contribution in [2.75, 3.05) is 13.7 Å². The maximum atomic E-state index is 14.4. The van der Waals surface area contributed by atoms with Crippen molar-refractivity contribution in [3.63, 3.8) is 0 Å². The Kier molecular flexibility index (Phi) is 5.33. The van der Waals surface area contributed by atoms with E-state index in [1.807, 2.05) is 6.92 Å². The Balaban J connectivity index is 2.50. The molecule has 0 aromatic heterocycles. The van der Waals surface area contributed by atoms with Crippen molar-refractivity contribution in [3.8, 4) is 16.9 Å². The zero-order valence-corrected chi connectivity index (χ0v) is 13.6. The number of hydrogen-bond donors (Lipinski definition) is 1. The number of methoxy groups -OCH3 is 1. The summed E-state index contributed by atoms with van der Waals surface area (Å²) < 4.78 is 59.8. The highest BCUT2D eigenvalue weighted by atomic mass is 32.2. The van der Waals surface area contributed by atoms with Gasteiger partial charge in [0, 0.05) is 12.1 Å². The van der Waals surface area contributed by atoms with Gasteiger partial charge in [-0.2, -0.15) is 0 Å². The molecular weight excluding hydrogens is 324 g/mol. The van der Waals surface area contributed by atoms with Gasteiger partial charge in [-0.05, 0) is 36.8 Å². The fraction of sp³-hybridized carbons (Fsp3) is 0.250. The second kappa shape index (κ2) is 7.06. The first-order valence-electron chi connectivity index (χ1n) is 7.02. The van der Waals surface area contributed by atoms with Gasteiger partial charge >= 0.3 is 0 Å². The molecule has 0 heterocycles. The minimum atomic E-state index is -3.78. The number of sulfonamides is 1. The molecule has 4 nitrogen and oxygen atoms in total. The van der Waals surface area contributed by atoms with Gasteiger partial charge in [-0.15, -0.1) is 0 Å². The first-order chi connectivity index (χ1) is 10.9. The van der Waals surface area contributed by atoms with Crippen LogP contribution in [0.3, 0.4) is 0 Å². The molecule has 0 saturated carbocycles. The van der Waals surface area contributed by atoms with Crippen LogP contribution in [0.4, 0.5) is 8.78 Å². The molecule has 0 unspecified atom stereocenters. The zero-order chi connectivity index (χ0) is 17.0. The summed E-state index contributed by atoms with van der Waals surface area (Å²) >= 11 is 0. The van der Waals surface area contributed by atoms with Crippen LogP contribution >= 0.6 is 0 Å². The Morgan fingerprint density at radius 3 is 2.48 bits per heavy atom. The van der Waals surface area contributed by atoms with Crippen molar-refractivity contribution >= 4 is 10.0 Å². The summed E-state index contributed by atoms with van der Waals surface area (Å²) in [6.07, 6.45) is 0.617. The van der Waals surface area contributed by atoms with E-state index in [9.17, 15) is 17.2 Å². The molecule has 0 atom stereocenters. The van der Waals surface area contributed by atoms with Gasteiger partial charge in [-0.1, -0.05) is 13.0 Å². The molecule has 0 aliphatic heterocycles. The summed E-state index contributed by atoms with van der Waals surface area (Å²) in [6, 6.07) is 7.48. The lowest BCUT2D eigenvalue weighted by atomic mass is 10.0. The lowest BCUT2D eigenvalue weighted by Crippen LogP contribution is -2.24. The predicted octanol–water partition coefficient (Wildman–Crippen LogP) is 3.33. The Hall–Kier alpha value is -1.99. The van der Waals surface area contributed by atoms with Crippen LogP contribution in [0.15, 0.2) is 41.3 Å². The Labute approximate surface area is 134 Å². The lowest BCUT2D eigenvalue weighted by molar-refractivity contribution is 0.413. The topological polar surface area (TPSA) is 55.4 Å². The smallest absolute Gasteiger partial charge is 0.240 e. The first kappa shape index (κ1) is 17.4. The summed E-state index contributed by atoms with van der Waals surface area (Å²) in [5.41, 5.74) is -0.104. The summed E-state index contributed by atoms with van der Waals surface area (Å²) in [7, 11) is -2.43. The molecule has 0 fully saturated rings. The average molecular weight is 341 g/mol. The molecule has 2 aromatic rings. The van der Waals surface area contributed by atoms with Crippen molar-refractivity contribution in [2.45, 2.75) is 18.2 Å². The van der Waals surface area contributed by atoms with E-state index in [4.69, 9.17) is 4.74 Å². The molecule has 124 valence electrons. The molecule has 23 heavy (non-hydrogen) atoms. The predicted molar refractivity (Wildman–Crippen MR) is 83.8 cm³/mol. The van der Waals surface area contributed by atoms with E-state index < -0.39 is 21.7 Å². The molecule has 0 amide bonds. The standard InChI is InChI=1S/C16H17F2NO3S/c1-3-9-19-23(20,21)11-7-8-12(14(18)10-11)16-13(17)5-4-6-15(16)22-2/h4-8,10,19H,3,9H2,1-2H3. The summed E-state index contributed by atoms with van der Waals surface area (Å²) in [5, 5.41) is 0. The molecule has 0 aliphatic rings. The second-order valence-electron chi connectivity index (χ2n) is 4.86. The maximum Gasteiger partial charge on any atom is 0.240 e. The second-order valence-corrected chi connectivity index (χ2v) is 6.62. The monoisotopic (exact) mass is 341 g/mol. The van der Waals surface area contributed by atoms with Crippen LogP contribution in [-0.4, -0.2) is 22.1 Å². The van der Waals surface area contributed by atoms with Gasteiger partial charge < -0.3 is 4.74 Å². The number of ether oxygens (including phenoxy) is 1. The third-order valence-electron chi connectivity index (χ3n) is 3.26. The third kappa shape index (κ3) is 3.68. The summed E-state index contributed by atoms with van der Waals surface area (Å²) in [6.45, 7) is 2.07. The molecule has 0 radical (unpaired) electrons. The molecule has 0 aliphatic carbocycles. The zero-order valence-electron chi connectivity index (χ0n) is 12.8. The Bertz CT molecular complexity index is 807. The molecule has 0 bridgehead atoms. The highest BCUT2D eigenvalue weighted by Gasteiger charge is 2.19. The van der Waals surface area contributed by atoms with Crippen molar-refractivity contribution in [2.24, 2.45) is 0 Å². The quantitative estimate of drug-likeness (QED) is 0.877. The molecule has 2 rings (SSSR count). The van der Waals surface area contributed by atoms with E-state index in [1.54, 1.807) is 0 Å². The maximum absolute atomic E-state index is 14.4. The van der Waals surface area contributed by atoms with Crippen LogP contribution in [-0.2, 0) is 10.0 Å². The first-order valence-corrected chi connectivity index (χ1v) is 8.51. The fourth-order valence-electron chi connectivity index (χ4n) is 2.12. The molecule has 0 saturated heterocycles. The molecule has 7 heteroatoms. The van der Waals surface area contributed by atoms with Crippen LogP contribution in [0.5, 0.6) is 5.75 Å². The SMILES string of the molecule is CCCNS(=O)(=O)c1ccc(-c2c(F)cccc2OC)c(F)c1. The van der Waals surface area contributed by atoms with Crippen LogP contribution in [0.1, 0.15) is 13.3 Å². The number of rotatable bonds is 6. The van der Waals surface area contributed by atoms with Gasteiger partial charge in [0.15, 0.2) is 0 Å². The van der Waals surface area contributed by atoms with E-state index in [0.29, 0.717) is 6.42 Å². The molecule has 1 N–H and O–H groups in total. The van der Waals surface area contributed by atoms with Crippen molar-refractivity contribution in [1.29, 1.82) is 0 Å². The average Bonchev–Trinajstić information content (AvgIpc) is 2.53. The Morgan fingerprint density at radius 1 is 1.13 bits per heavy atom. The summed E-state index contributed by atoms with van der Waals surface area (Å²) in [4.78, 5) is -0.206. The van der Waals surface area contributed by atoms with Gasteiger partial charge in [-0.25, -0.2) is 21.9 Å². The van der Waals surface area contributed by atoms with E-state index in [-0.39, 0.29) is 28.3 Å². The molecular formula is C16H17F2NO3S. The fourth-order valence-corrected chi connectivity index (χ4v) is 3.27. The normalized spacial score (nSPS) is 11.5. The minimum absolute atomic E-state index is 0.0436. The van der Waals surface area contributed by atoms with Gasteiger partial charge in [0.1, 0.15) is 17.4 Å². The van der Waals surface area contributed by atoms with Gasteiger partial charge in [0.05, 0.1) is 17.6 Å². The molecule has 0 spiro atoms. The highest BCUT2D eigenvalue weighted by molar-refractivity contribution is 7.89. The van der Waals surface area contributed by atoms with Crippen molar-refractivity contribution in [1.82, 2.24) is 4.72 Å². The number of halogens is 2. The number of hydrogen-bond acceptors (Lipinski definition) is 3. The van der Waals surface area contributed by atoms with Crippen molar-refractivity contribution in [3.05, 3.63) is 48.0 Å². The summed E-state index contributed by atoms with van der Waals surface area (Å²) in [5.74, 6) is -1.32. The van der Waals surface area contributed by atoms with Gasteiger partial charge in [-0.3, -0.25) is 0 Å². The van der Waals surface area contributed by atoms with E-state index >= 15 is 0 Å². The highest BCUT2D eigenvalue weighted by Crippen LogP contribution is 2.34. The van der Waals surface area contributed by atoms with Crippen molar-refractivity contribution < 1.29 is 21.9 Å². The minimum Gasteiger partial charge on any atom is -0.496 e. The third-order valence-corrected chi connectivity index (χ3v) is 4.72. The van der Waals surface area contributed by atoms with Crippen LogP contribution in [0.2, 0.25) is 0 Å². The van der Waals surface area contributed by atoms with Crippen LogP contribution < -0.4 is 9.46 Å². The van der Waals surface area contributed by atoms with Crippen LogP contribution in [0, 0.1) is 11.6 Å². The van der Waals surface area contributed by atoms with Gasteiger partial charge in [0.25, 0.3) is 0 Å². The molecule has 2 aromatic carbocycles. The lowest BCUT2D eigenvalue weighted by Gasteiger charge is -2.12. The van der Waals surface area contributed by atoms with Crippen LogP contribution in [0.25, 0.3) is 11.1 Å². The van der Waals surface area contributed by atoms with E-state index in [1.165, 1.54) is 37.4 Å². The van der Waals surface area contributed by atoms with Gasteiger partial charge in [0.2, 0.25) is 10.0 Å². The number of benzene rings is 2. The number of nitrogens with one attached hydrogen (secondary N) is 1. The van der Waals surface area contributed by atoms with E-state index in [0.717, 1.165) is 6.07 Å². The van der Waals surface area contributed by atoms with E-state index in [2.05, 4.69) is 4.72 Å². The Morgan fingerprint density at radius 2 is 1.87 bits per heavy atom.